The van der Waals surface area contributed by atoms with Gasteiger partial charge in [-0.3, -0.25) is 0 Å². The number of hydrogen-bond donors (Lipinski definition) is 0. The Hall–Kier alpha value is -2.30. The van der Waals surface area contributed by atoms with E-state index < -0.39 is 15.5 Å². The first-order chi connectivity index (χ1) is 19.0. The van der Waals surface area contributed by atoms with Crippen molar-refractivity contribution in [2.45, 2.75) is 49.1 Å². The Morgan fingerprint density at radius 2 is 1.32 bits per heavy atom. The van der Waals surface area contributed by atoms with Crippen molar-refractivity contribution in [3.63, 3.8) is 0 Å². The van der Waals surface area contributed by atoms with Crippen LogP contribution in [0.2, 0.25) is 10.0 Å². The Balaban J connectivity index is 0.00000337. The van der Waals surface area contributed by atoms with Crippen molar-refractivity contribution < 1.29 is 21.6 Å². The smallest absolute Gasteiger partial charge is 0.325 e. The van der Waals surface area contributed by atoms with Crippen molar-refractivity contribution >= 4 is 56.7 Å². The molecule has 1 saturated heterocycles. The van der Waals surface area contributed by atoms with Gasteiger partial charge in [0.25, 0.3) is 0 Å². The Morgan fingerprint density at radius 1 is 0.805 bits per heavy atom. The van der Waals surface area contributed by atoms with E-state index in [1.807, 2.05) is 54.6 Å². The summed E-state index contributed by atoms with van der Waals surface area (Å²) in [5.74, 6) is 1.11. The summed E-state index contributed by atoms with van der Waals surface area (Å²) in [4.78, 5) is 4.94. The van der Waals surface area contributed by atoms with Gasteiger partial charge in [-0.25, -0.2) is 13.4 Å². The molecule has 0 spiro atoms. The molecule has 4 aromatic rings. The van der Waals surface area contributed by atoms with Gasteiger partial charge < -0.3 is 4.57 Å². The van der Waals surface area contributed by atoms with Crippen LogP contribution in [-0.4, -0.2) is 40.9 Å². The zero-order valence-corrected chi connectivity index (χ0v) is 24.8. The maximum absolute atomic E-state index is 13.2. The van der Waals surface area contributed by atoms with Gasteiger partial charge in [0.05, 0.1) is 11.0 Å². The highest BCUT2D eigenvalue weighted by Crippen LogP contribution is 2.44. The number of benzene rings is 3. The fraction of sp³-hybridized carbons (Fsp3) is 0.345. The normalized spacial score (nSPS) is 17.2. The number of hydrogen-bond acceptors (Lipinski definition) is 3. The number of halogens is 6. The van der Waals surface area contributed by atoms with Crippen molar-refractivity contribution in [3.05, 3.63) is 99.3 Å². The van der Waals surface area contributed by atoms with Crippen molar-refractivity contribution in [2.75, 3.05) is 13.1 Å². The van der Waals surface area contributed by atoms with E-state index in [1.165, 1.54) is 0 Å². The number of aromatic nitrogens is 2. The molecule has 6 rings (SSSR count). The van der Waals surface area contributed by atoms with Crippen LogP contribution >= 0.6 is 35.6 Å². The third kappa shape index (κ3) is 5.84. The van der Waals surface area contributed by atoms with Gasteiger partial charge >= 0.3 is 15.5 Å². The highest BCUT2D eigenvalue weighted by molar-refractivity contribution is 7.90. The van der Waals surface area contributed by atoms with Gasteiger partial charge in [0.2, 0.25) is 0 Å². The van der Waals surface area contributed by atoms with Gasteiger partial charge in [0, 0.05) is 41.0 Å². The van der Waals surface area contributed by atoms with Gasteiger partial charge in [-0.15, -0.1) is 12.4 Å². The lowest BCUT2D eigenvalue weighted by atomic mass is 9.85. The van der Waals surface area contributed by atoms with Crippen LogP contribution < -0.4 is 0 Å². The molecule has 5 nitrogen and oxygen atoms in total. The Kier molecular flexibility index (Phi) is 8.40. The minimum absolute atomic E-state index is 0. The summed E-state index contributed by atoms with van der Waals surface area (Å²) in [6.07, 6.45) is 2.58. The van der Waals surface area contributed by atoms with Gasteiger partial charge in [-0.05, 0) is 78.8 Å². The highest BCUT2D eigenvalue weighted by atomic mass is 35.5. The molecule has 0 atom stereocenters. The van der Waals surface area contributed by atoms with Crippen LogP contribution in [-0.2, 0) is 10.0 Å². The van der Waals surface area contributed by atoms with Crippen molar-refractivity contribution in [1.82, 2.24) is 13.9 Å². The average molecular weight is 645 g/mol. The molecule has 0 unspecified atom stereocenters. The molecule has 0 N–H and O–H groups in total. The molecule has 1 aliphatic heterocycles. The fourth-order valence-electron chi connectivity index (χ4n) is 5.70. The molecular weight excluding hydrogens is 618 g/mol. The summed E-state index contributed by atoms with van der Waals surface area (Å²) in [5, 5.41) is 1.28. The predicted octanol–water partition coefficient (Wildman–Crippen LogP) is 8.31. The van der Waals surface area contributed by atoms with Crippen LogP contribution in [0.1, 0.15) is 66.1 Å². The van der Waals surface area contributed by atoms with E-state index in [9.17, 15) is 21.6 Å². The fourth-order valence-corrected chi connectivity index (χ4v) is 6.93. The molecule has 1 saturated carbocycles. The zero-order valence-electron chi connectivity index (χ0n) is 21.7. The molecular formula is C29H27Cl3F3N3O2S. The van der Waals surface area contributed by atoms with Crippen LogP contribution in [0.5, 0.6) is 0 Å². The van der Waals surface area contributed by atoms with Crippen LogP contribution in [0.4, 0.5) is 13.2 Å². The summed E-state index contributed by atoms with van der Waals surface area (Å²) in [7, 11) is -5.34. The number of nitrogens with zero attached hydrogens (tertiary/aromatic N) is 3. The minimum Gasteiger partial charge on any atom is -0.325 e. The largest absolute Gasteiger partial charge is 0.511 e. The molecule has 0 radical (unpaired) electrons. The Labute approximate surface area is 252 Å². The zero-order chi connectivity index (χ0) is 28.2. The number of alkyl halides is 3. The quantitative estimate of drug-likeness (QED) is 0.199. The summed E-state index contributed by atoms with van der Waals surface area (Å²) in [6.45, 7) is -0.373. The molecule has 218 valence electrons. The molecule has 1 aliphatic carbocycles. The van der Waals surface area contributed by atoms with Gasteiger partial charge in [-0.2, -0.15) is 17.5 Å². The van der Waals surface area contributed by atoms with Crippen molar-refractivity contribution in [1.29, 1.82) is 0 Å². The number of rotatable bonds is 6. The standard InChI is InChI=1S/C29H26Cl2F3N3O2S.ClH/c30-22-8-3-18(4-9-22)27(19-5-10-23(31)11-6-19)21-7-12-25-26(17-21)37(28(35-25)20-1-2-20)24-13-15-36(16-14-24)40(38,39)29(32,33)34;/h3-12,17,20,24,27H,1-2,13-16H2;1H. The highest BCUT2D eigenvalue weighted by Gasteiger charge is 2.50. The third-order valence-electron chi connectivity index (χ3n) is 7.84. The van der Waals surface area contributed by atoms with E-state index in [2.05, 4.69) is 16.7 Å². The maximum Gasteiger partial charge on any atom is 0.511 e. The lowest BCUT2D eigenvalue weighted by Crippen LogP contribution is -2.45. The maximum atomic E-state index is 13.2. The summed E-state index contributed by atoms with van der Waals surface area (Å²) >= 11 is 12.4. The van der Waals surface area contributed by atoms with E-state index in [0.29, 0.717) is 20.3 Å². The van der Waals surface area contributed by atoms with Gasteiger partial charge in [0.1, 0.15) is 5.82 Å². The average Bonchev–Trinajstić information content (AvgIpc) is 3.70. The molecule has 0 amide bonds. The van der Waals surface area contributed by atoms with E-state index in [0.717, 1.165) is 46.4 Å². The van der Waals surface area contributed by atoms with Crippen molar-refractivity contribution in [3.8, 4) is 0 Å². The van der Waals surface area contributed by atoms with E-state index in [1.54, 1.807) is 0 Å². The Bertz CT molecular complexity index is 1600. The monoisotopic (exact) mass is 643 g/mol. The van der Waals surface area contributed by atoms with Crippen LogP contribution in [0.25, 0.3) is 11.0 Å². The lowest BCUT2D eigenvalue weighted by Gasteiger charge is -2.33. The summed E-state index contributed by atoms with van der Waals surface area (Å²) < 4.78 is 66.2. The second kappa shape index (κ2) is 11.4. The van der Waals surface area contributed by atoms with E-state index >= 15 is 0 Å². The second-order valence-electron chi connectivity index (χ2n) is 10.5. The minimum atomic E-state index is -5.34. The number of fused-ring (bicyclic) bond motifs is 1. The molecule has 0 bridgehead atoms. The number of imidazole rings is 1. The van der Waals surface area contributed by atoms with Gasteiger partial charge in [0.15, 0.2) is 0 Å². The molecule has 1 aromatic heterocycles. The SMILES string of the molecule is Cl.O=S(=O)(N1CCC(n2c(C3CC3)nc3ccc(C(c4ccc(Cl)cc4)c4ccc(Cl)cc4)cc32)CC1)C(F)(F)F. The second-order valence-corrected chi connectivity index (χ2v) is 13.3. The first-order valence-electron chi connectivity index (χ1n) is 13.1. The van der Waals surface area contributed by atoms with Crippen LogP contribution in [0, 0.1) is 0 Å². The van der Waals surface area contributed by atoms with E-state index in [-0.39, 0.29) is 50.3 Å². The van der Waals surface area contributed by atoms with Crippen LogP contribution in [0.3, 0.4) is 0 Å². The first kappa shape index (κ1) is 30.2. The van der Waals surface area contributed by atoms with Crippen molar-refractivity contribution in [2.24, 2.45) is 0 Å². The van der Waals surface area contributed by atoms with Crippen LogP contribution in [0.15, 0.2) is 66.7 Å². The molecule has 41 heavy (non-hydrogen) atoms. The summed E-state index contributed by atoms with van der Waals surface area (Å²) in [5.41, 5.74) is -0.451. The topological polar surface area (TPSA) is 55.2 Å². The lowest BCUT2D eigenvalue weighted by molar-refractivity contribution is -0.0496. The number of piperidine rings is 1. The van der Waals surface area contributed by atoms with E-state index in [4.69, 9.17) is 28.2 Å². The molecule has 3 aromatic carbocycles. The predicted molar refractivity (Wildman–Crippen MR) is 158 cm³/mol. The summed E-state index contributed by atoms with van der Waals surface area (Å²) in [6, 6.07) is 21.4. The molecule has 12 heteroatoms. The van der Waals surface area contributed by atoms with Gasteiger partial charge in [-0.1, -0.05) is 53.5 Å². The first-order valence-corrected chi connectivity index (χ1v) is 15.3. The molecule has 2 fully saturated rings. The number of sulfonamides is 1. The Morgan fingerprint density at radius 3 is 1.80 bits per heavy atom. The third-order valence-corrected chi connectivity index (χ3v) is 9.98. The molecule has 2 heterocycles. The molecule has 2 aliphatic rings.